The van der Waals surface area contributed by atoms with Gasteiger partial charge in [0.2, 0.25) is 0 Å². The van der Waals surface area contributed by atoms with Crippen LogP contribution in [-0.2, 0) is 4.74 Å². The number of nitrogens with zero attached hydrogens (tertiary/aromatic N) is 2. The lowest BCUT2D eigenvalue weighted by Gasteiger charge is -2.46. The zero-order valence-corrected chi connectivity index (χ0v) is 8.74. The highest BCUT2D eigenvalue weighted by Crippen LogP contribution is 2.32. The summed E-state index contributed by atoms with van der Waals surface area (Å²) >= 11 is 1.39. The molecule has 0 saturated carbocycles. The van der Waals surface area contributed by atoms with E-state index in [4.69, 9.17) is 9.84 Å². The van der Waals surface area contributed by atoms with E-state index >= 15 is 0 Å². The number of piperidine rings is 1. The first-order valence-electron chi connectivity index (χ1n) is 4.81. The molecule has 2 bridgehead atoms. The van der Waals surface area contributed by atoms with E-state index in [0.29, 0.717) is 12.2 Å². The molecule has 0 aliphatic carbocycles. The summed E-state index contributed by atoms with van der Waals surface area (Å²) in [5, 5.41) is 11.1. The smallest absolute Gasteiger partial charge is 0.355 e. The highest BCUT2D eigenvalue weighted by molar-refractivity contribution is 7.13. The first-order valence-corrected chi connectivity index (χ1v) is 5.69. The van der Waals surface area contributed by atoms with Crippen molar-refractivity contribution in [2.24, 2.45) is 0 Å². The van der Waals surface area contributed by atoms with Crippen LogP contribution in [0.2, 0.25) is 0 Å². The van der Waals surface area contributed by atoms with Crippen molar-refractivity contribution in [1.82, 2.24) is 4.98 Å². The first-order chi connectivity index (χ1) is 7.22. The predicted octanol–water partition coefficient (Wildman–Crippen LogP) is 0.819. The van der Waals surface area contributed by atoms with Crippen molar-refractivity contribution in [2.75, 3.05) is 18.0 Å². The Hall–Kier alpha value is -1.14. The molecule has 2 atom stereocenters. The molecule has 1 aromatic heterocycles. The number of rotatable bonds is 2. The van der Waals surface area contributed by atoms with Crippen molar-refractivity contribution in [3.8, 4) is 0 Å². The zero-order chi connectivity index (χ0) is 10.4. The molecule has 6 heteroatoms. The van der Waals surface area contributed by atoms with Crippen LogP contribution in [0.4, 0.5) is 5.13 Å². The fourth-order valence-electron chi connectivity index (χ4n) is 2.02. The molecule has 1 N–H and O–H groups in total. The average Bonchev–Trinajstić information content (AvgIpc) is 2.65. The SMILES string of the molecule is O=C(O)c1csc(N2CC3CC(C2)O3)n1. The van der Waals surface area contributed by atoms with Crippen LogP contribution in [0.3, 0.4) is 0 Å². The number of carboxylic acid groups (broad SMARTS) is 1. The minimum Gasteiger partial charge on any atom is -0.476 e. The molecule has 0 spiro atoms. The number of hydrogen-bond acceptors (Lipinski definition) is 5. The Kier molecular flexibility index (Phi) is 1.93. The minimum absolute atomic E-state index is 0.134. The topological polar surface area (TPSA) is 62.7 Å². The summed E-state index contributed by atoms with van der Waals surface area (Å²) in [6.07, 6.45) is 1.77. The number of hydrogen-bond donors (Lipinski definition) is 1. The zero-order valence-electron chi connectivity index (χ0n) is 7.92. The van der Waals surface area contributed by atoms with Gasteiger partial charge in [-0.2, -0.15) is 0 Å². The van der Waals surface area contributed by atoms with Gasteiger partial charge in [-0.15, -0.1) is 11.3 Å². The third-order valence-electron chi connectivity index (χ3n) is 2.74. The van der Waals surface area contributed by atoms with Crippen LogP contribution in [0.15, 0.2) is 5.38 Å². The van der Waals surface area contributed by atoms with Gasteiger partial charge in [-0.1, -0.05) is 0 Å². The summed E-state index contributed by atoms with van der Waals surface area (Å²) in [6, 6.07) is 0. The highest BCUT2D eigenvalue weighted by atomic mass is 32.1. The summed E-state index contributed by atoms with van der Waals surface area (Å²) in [5.41, 5.74) is 0.134. The maximum Gasteiger partial charge on any atom is 0.355 e. The molecule has 4 heterocycles. The van der Waals surface area contributed by atoms with E-state index in [-0.39, 0.29) is 5.69 Å². The molecule has 2 unspecified atom stereocenters. The standard InChI is InChI=1S/C9H10N2O3S/c12-8(13)7-4-15-9(10-7)11-2-5-1-6(3-11)14-5/h4-6H,1-3H2,(H,12,13). The van der Waals surface area contributed by atoms with E-state index in [0.717, 1.165) is 24.6 Å². The fraction of sp³-hybridized carbons (Fsp3) is 0.556. The van der Waals surface area contributed by atoms with Gasteiger partial charge in [-0.05, 0) is 0 Å². The molecule has 0 radical (unpaired) electrons. The Morgan fingerprint density at radius 3 is 2.80 bits per heavy atom. The van der Waals surface area contributed by atoms with E-state index in [9.17, 15) is 4.79 Å². The molecule has 0 aromatic carbocycles. The summed E-state index contributed by atoms with van der Waals surface area (Å²) < 4.78 is 5.50. The predicted molar refractivity (Wildman–Crippen MR) is 54.6 cm³/mol. The van der Waals surface area contributed by atoms with Crippen LogP contribution in [-0.4, -0.2) is 41.4 Å². The van der Waals surface area contributed by atoms with Gasteiger partial charge in [0, 0.05) is 24.9 Å². The largest absolute Gasteiger partial charge is 0.476 e. The summed E-state index contributed by atoms with van der Waals surface area (Å²) in [4.78, 5) is 16.9. The lowest BCUT2D eigenvalue weighted by molar-refractivity contribution is -0.133. The van der Waals surface area contributed by atoms with Crippen LogP contribution in [0, 0.1) is 0 Å². The van der Waals surface area contributed by atoms with Gasteiger partial charge in [-0.25, -0.2) is 9.78 Å². The van der Waals surface area contributed by atoms with Gasteiger partial charge in [0.1, 0.15) is 0 Å². The van der Waals surface area contributed by atoms with Crippen molar-refractivity contribution in [1.29, 1.82) is 0 Å². The molecule has 3 saturated heterocycles. The lowest BCUT2D eigenvalue weighted by atomic mass is 9.99. The third kappa shape index (κ3) is 1.49. The normalized spacial score (nSPS) is 28.7. The first kappa shape index (κ1) is 9.11. The Morgan fingerprint density at radius 1 is 1.60 bits per heavy atom. The van der Waals surface area contributed by atoms with Crippen LogP contribution in [0.25, 0.3) is 0 Å². The summed E-state index contributed by atoms with van der Waals surface area (Å²) in [6.45, 7) is 1.67. The summed E-state index contributed by atoms with van der Waals surface area (Å²) in [7, 11) is 0. The maximum atomic E-state index is 10.7. The number of aromatic carboxylic acids is 1. The molecule has 3 aliphatic heterocycles. The van der Waals surface area contributed by atoms with Crippen molar-refractivity contribution in [3.05, 3.63) is 11.1 Å². The third-order valence-corrected chi connectivity index (χ3v) is 3.64. The molecular weight excluding hydrogens is 216 g/mol. The van der Waals surface area contributed by atoms with Gasteiger partial charge in [0.15, 0.2) is 10.8 Å². The van der Waals surface area contributed by atoms with E-state index in [1.54, 1.807) is 5.38 Å². The number of morpholine rings is 1. The molecule has 3 fully saturated rings. The Bertz CT molecular complexity index is 390. The summed E-state index contributed by atoms with van der Waals surface area (Å²) in [5.74, 6) is -0.962. The molecular formula is C9H10N2O3S. The number of ether oxygens (including phenoxy) is 1. The second-order valence-electron chi connectivity index (χ2n) is 3.84. The fourth-order valence-corrected chi connectivity index (χ4v) is 2.84. The van der Waals surface area contributed by atoms with Gasteiger partial charge in [0.05, 0.1) is 12.2 Å². The van der Waals surface area contributed by atoms with Crippen LogP contribution in [0.5, 0.6) is 0 Å². The monoisotopic (exact) mass is 226 g/mol. The van der Waals surface area contributed by atoms with Crippen LogP contribution >= 0.6 is 11.3 Å². The van der Waals surface area contributed by atoms with Gasteiger partial charge in [-0.3, -0.25) is 0 Å². The maximum absolute atomic E-state index is 10.7. The van der Waals surface area contributed by atoms with Crippen LogP contribution < -0.4 is 4.90 Å². The Morgan fingerprint density at radius 2 is 2.27 bits per heavy atom. The van der Waals surface area contributed by atoms with Crippen molar-refractivity contribution < 1.29 is 14.6 Å². The van der Waals surface area contributed by atoms with E-state index < -0.39 is 5.97 Å². The number of carbonyl (C=O) groups is 1. The quantitative estimate of drug-likeness (QED) is 0.808. The number of thiazole rings is 1. The van der Waals surface area contributed by atoms with Crippen LogP contribution in [0.1, 0.15) is 16.9 Å². The highest BCUT2D eigenvalue weighted by Gasteiger charge is 2.39. The van der Waals surface area contributed by atoms with Crippen molar-refractivity contribution in [2.45, 2.75) is 18.6 Å². The van der Waals surface area contributed by atoms with Crippen molar-refractivity contribution in [3.63, 3.8) is 0 Å². The molecule has 5 nitrogen and oxygen atoms in total. The molecule has 80 valence electrons. The number of fused-ring (bicyclic) bond motifs is 2. The molecule has 3 aliphatic rings. The second kappa shape index (κ2) is 3.18. The number of carboxylic acids is 1. The second-order valence-corrected chi connectivity index (χ2v) is 4.68. The lowest BCUT2D eigenvalue weighted by Crippen LogP contribution is -2.57. The molecule has 0 amide bonds. The molecule has 15 heavy (non-hydrogen) atoms. The van der Waals surface area contributed by atoms with Gasteiger partial charge in [0.25, 0.3) is 0 Å². The van der Waals surface area contributed by atoms with Crippen molar-refractivity contribution >= 4 is 22.4 Å². The Labute approximate surface area is 90.3 Å². The molecule has 4 rings (SSSR count). The van der Waals surface area contributed by atoms with Gasteiger partial charge < -0.3 is 14.7 Å². The van der Waals surface area contributed by atoms with E-state index in [1.807, 2.05) is 0 Å². The van der Waals surface area contributed by atoms with E-state index in [2.05, 4.69) is 9.88 Å². The molecule has 1 aromatic rings. The van der Waals surface area contributed by atoms with E-state index in [1.165, 1.54) is 11.3 Å². The number of anilines is 1. The minimum atomic E-state index is -0.962. The number of aromatic nitrogens is 1. The Balaban J connectivity index is 1.78. The van der Waals surface area contributed by atoms with Gasteiger partial charge >= 0.3 is 5.97 Å². The average molecular weight is 226 g/mol.